The van der Waals surface area contributed by atoms with Crippen LogP contribution in [0, 0.1) is 17.8 Å². The molecule has 48 heavy (non-hydrogen) atoms. The molecule has 1 aromatic heterocycles. The first-order valence-electron chi connectivity index (χ1n) is 19.4. The van der Waals surface area contributed by atoms with Crippen molar-refractivity contribution in [3.63, 3.8) is 0 Å². The second-order valence-electron chi connectivity index (χ2n) is 14.6. The fourth-order valence-corrected chi connectivity index (χ4v) is 7.45. The van der Waals surface area contributed by atoms with Gasteiger partial charge >= 0.3 is 5.97 Å². The molecular formula is C43H67N3O2. The largest absolute Gasteiger partial charge is 0.481 e. The normalized spacial score (nSPS) is 20.0. The summed E-state index contributed by atoms with van der Waals surface area (Å²) in [6.07, 6.45) is 18.6. The molecule has 2 heterocycles. The second-order valence-corrected chi connectivity index (χ2v) is 14.6. The van der Waals surface area contributed by atoms with E-state index in [2.05, 4.69) is 73.7 Å². The monoisotopic (exact) mass is 658 g/mol. The van der Waals surface area contributed by atoms with Gasteiger partial charge in [0.25, 0.3) is 0 Å². The van der Waals surface area contributed by atoms with E-state index in [1.54, 1.807) is 0 Å². The van der Waals surface area contributed by atoms with Crippen LogP contribution in [0.25, 0.3) is 0 Å². The van der Waals surface area contributed by atoms with Gasteiger partial charge in [0.05, 0.1) is 5.69 Å². The van der Waals surface area contributed by atoms with E-state index < -0.39 is 5.97 Å². The molecule has 2 aromatic carbocycles. The van der Waals surface area contributed by atoms with E-state index in [1.807, 2.05) is 36.4 Å². The lowest BCUT2D eigenvalue weighted by Gasteiger charge is -2.33. The Labute approximate surface area is 293 Å². The Bertz CT molecular complexity index is 1190. The first-order chi connectivity index (χ1) is 23.4. The third-order valence-corrected chi connectivity index (χ3v) is 10.3. The highest BCUT2D eigenvalue weighted by Crippen LogP contribution is 2.34. The maximum Gasteiger partial charge on any atom is 0.303 e. The highest BCUT2D eigenvalue weighted by atomic mass is 16.4. The molecule has 5 heteroatoms. The van der Waals surface area contributed by atoms with Crippen molar-refractivity contribution in [3.05, 3.63) is 89.7 Å². The number of hydrogen-bond donors (Lipinski definition) is 1. The van der Waals surface area contributed by atoms with E-state index in [0.717, 1.165) is 50.0 Å². The number of unbranched alkanes of at least 4 members (excludes halogenated alkanes) is 2. The van der Waals surface area contributed by atoms with Crippen LogP contribution in [0.4, 0.5) is 0 Å². The summed E-state index contributed by atoms with van der Waals surface area (Å²) in [4.78, 5) is 12.6. The molecule has 3 aromatic rings. The maximum atomic E-state index is 9.87. The van der Waals surface area contributed by atoms with Gasteiger partial charge in [0, 0.05) is 37.5 Å². The number of carbonyl (C=O) groups is 1. The van der Waals surface area contributed by atoms with Crippen LogP contribution < -0.4 is 0 Å². The molecule has 2 atom stereocenters. The average molecular weight is 658 g/mol. The predicted molar refractivity (Wildman–Crippen MR) is 203 cm³/mol. The van der Waals surface area contributed by atoms with Crippen LogP contribution in [0.5, 0.6) is 0 Å². The van der Waals surface area contributed by atoms with Gasteiger partial charge in [0.2, 0.25) is 0 Å². The molecule has 0 radical (unpaired) electrons. The minimum absolute atomic E-state index is 0.327. The van der Waals surface area contributed by atoms with Crippen LogP contribution in [0.15, 0.2) is 72.8 Å². The van der Waals surface area contributed by atoms with Gasteiger partial charge in [-0.05, 0) is 81.5 Å². The van der Waals surface area contributed by atoms with Gasteiger partial charge in [-0.1, -0.05) is 139 Å². The van der Waals surface area contributed by atoms with E-state index in [9.17, 15) is 4.79 Å². The van der Waals surface area contributed by atoms with E-state index in [0.29, 0.717) is 12.3 Å². The van der Waals surface area contributed by atoms with Crippen LogP contribution in [-0.2, 0) is 17.8 Å². The smallest absolute Gasteiger partial charge is 0.303 e. The number of piperidine rings is 1. The second kappa shape index (κ2) is 23.4. The minimum atomic E-state index is -0.682. The van der Waals surface area contributed by atoms with Crippen LogP contribution in [-0.4, -0.2) is 45.4 Å². The molecule has 1 saturated heterocycles. The molecule has 266 valence electrons. The van der Waals surface area contributed by atoms with Gasteiger partial charge in [-0.15, -0.1) is 0 Å². The van der Waals surface area contributed by atoms with Crippen LogP contribution in [0.3, 0.4) is 0 Å². The molecule has 3 fully saturated rings. The predicted octanol–water partition coefficient (Wildman–Crippen LogP) is 11.0. The number of hydrogen-bond acceptors (Lipinski definition) is 3. The van der Waals surface area contributed by atoms with Gasteiger partial charge in [0.15, 0.2) is 0 Å². The fourth-order valence-electron chi connectivity index (χ4n) is 7.45. The zero-order valence-electron chi connectivity index (χ0n) is 30.9. The molecule has 2 saturated carbocycles. The highest BCUT2D eigenvalue weighted by Gasteiger charge is 2.28. The van der Waals surface area contributed by atoms with Crippen molar-refractivity contribution in [1.82, 2.24) is 14.7 Å². The summed E-state index contributed by atoms with van der Waals surface area (Å²) in [6.45, 7) is 13.9. The van der Waals surface area contributed by atoms with Gasteiger partial charge in [-0.3, -0.25) is 9.48 Å². The van der Waals surface area contributed by atoms with E-state index in [4.69, 9.17) is 10.2 Å². The van der Waals surface area contributed by atoms with Gasteiger partial charge < -0.3 is 10.0 Å². The molecule has 6 rings (SSSR count). The zero-order valence-corrected chi connectivity index (χ0v) is 30.9. The number of carboxylic acid groups (broad SMARTS) is 1. The SMILES string of the molecule is CC1CCCCC1.CCCCCC(=O)O.CCn1nc(Cc2ccccc2)cc1C1CCN(C[C@@H]2CCC(C)C2)CC1.c1ccccc1. The zero-order chi connectivity index (χ0) is 34.4. The topological polar surface area (TPSA) is 58.4 Å². The lowest BCUT2D eigenvalue weighted by molar-refractivity contribution is -0.137. The van der Waals surface area contributed by atoms with Crippen molar-refractivity contribution in [2.45, 2.75) is 136 Å². The van der Waals surface area contributed by atoms with Crippen molar-refractivity contribution in [2.24, 2.45) is 17.8 Å². The molecular weight excluding hydrogens is 590 g/mol. The van der Waals surface area contributed by atoms with Crippen LogP contribution in [0.2, 0.25) is 0 Å². The average Bonchev–Trinajstić information content (AvgIpc) is 3.72. The van der Waals surface area contributed by atoms with Gasteiger partial charge in [0.1, 0.15) is 0 Å². The Balaban J connectivity index is 0.000000240. The van der Waals surface area contributed by atoms with Crippen molar-refractivity contribution < 1.29 is 9.90 Å². The molecule has 1 aliphatic heterocycles. The third kappa shape index (κ3) is 16.0. The Morgan fingerprint density at radius 2 is 1.42 bits per heavy atom. The Kier molecular flexibility index (Phi) is 19.3. The molecule has 5 nitrogen and oxygen atoms in total. The molecule has 1 unspecified atom stereocenters. The van der Waals surface area contributed by atoms with Crippen LogP contribution in [0.1, 0.15) is 140 Å². The number of benzene rings is 2. The summed E-state index contributed by atoms with van der Waals surface area (Å²) < 4.78 is 2.26. The molecule has 3 aliphatic rings. The third-order valence-electron chi connectivity index (χ3n) is 10.3. The van der Waals surface area contributed by atoms with E-state index in [1.165, 1.54) is 101 Å². The Morgan fingerprint density at radius 3 is 1.92 bits per heavy atom. The van der Waals surface area contributed by atoms with Crippen molar-refractivity contribution in [1.29, 1.82) is 0 Å². The molecule has 1 N–H and O–H groups in total. The quantitative estimate of drug-likeness (QED) is 0.220. The standard InChI is InChI=1S/C24H35N3.C7H14.C6H12O2.C6H6/c1-3-27-24(17-23(25-27)16-20-7-5-4-6-8-20)22-11-13-26(14-12-22)18-21-10-9-19(2)15-21;1-7-5-3-2-4-6-7;1-2-3-4-5-6(7)8;1-2-4-6-5-3-1/h4-8,17,19,21-22H,3,9-16,18H2,1-2H3;7H,2-6H2,1H3;2-5H2,1H3,(H,7,8);1-6H/t19?,21-;;;/m1.../s1. The number of aliphatic carboxylic acids is 1. The fraction of sp³-hybridized carbons (Fsp3) is 0.628. The number of aromatic nitrogens is 2. The van der Waals surface area contributed by atoms with Gasteiger partial charge in [-0.25, -0.2) is 0 Å². The highest BCUT2D eigenvalue weighted by molar-refractivity contribution is 5.66. The number of likely N-dealkylation sites (tertiary alicyclic amines) is 1. The first-order valence-corrected chi connectivity index (χ1v) is 19.4. The molecule has 0 amide bonds. The van der Waals surface area contributed by atoms with Crippen molar-refractivity contribution in [2.75, 3.05) is 19.6 Å². The summed E-state index contributed by atoms with van der Waals surface area (Å²) in [5.74, 6) is 2.94. The first kappa shape index (κ1) is 39.5. The van der Waals surface area contributed by atoms with Crippen molar-refractivity contribution in [3.8, 4) is 0 Å². The molecule has 2 aliphatic carbocycles. The number of aryl methyl sites for hydroxylation is 1. The summed E-state index contributed by atoms with van der Waals surface area (Å²) in [5.41, 5.74) is 4.04. The summed E-state index contributed by atoms with van der Waals surface area (Å²) >= 11 is 0. The lowest BCUT2D eigenvalue weighted by atomic mass is 9.91. The summed E-state index contributed by atoms with van der Waals surface area (Å²) in [6, 6.07) is 25.1. The van der Waals surface area contributed by atoms with Gasteiger partial charge in [-0.2, -0.15) is 5.10 Å². The van der Waals surface area contributed by atoms with E-state index in [-0.39, 0.29) is 0 Å². The van der Waals surface area contributed by atoms with Crippen molar-refractivity contribution >= 4 is 5.97 Å². The number of carboxylic acids is 1. The molecule has 0 spiro atoms. The summed E-state index contributed by atoms with van der Waals surface area (Å²) in [5, 5.41) is 13.1. The number of nitrogens with zero attached hydrogens (tertiary/aromatic N) is 3. The summed E-state index contributed by atoms with van der Waals surface area (Å²) in [7, 11) is 0. The number of rotatable bonds is 10. The Hall–Kier alpha value is -2.92. The van der Waals surface area contributed by atoms with Crippen LogP contribution >= 0.6 is 0 Å². The maximum absolute atomic E-state index is 9.87. The van der Waals surface area contributed by atoms with E-state index >= 15 is 0 Å². The Morgan fingerprint density at radius 1 is 0.792 bits per heavy atom. The minimum Gasteiger partial charge on any atom is -0.481 e. The lowest BCUT2D eigenvalue weighted by Crippen LogP contribution is -2.36. The molecule has 0 bridgehead atoms.